The predicted octanol–water partition coefficient (Wildman–Crippen LogP) is 9.35. The molecule has 65 heavy (non-hydrogen) atoms. The number of fused-ring (bicyclic) bond motifs is 1. The van der Waals surface area contributed by atoms with E-state index in [1.54, 1.807) is 18.2 Å². The molecule has 0 saturated heterocycles. The first kappa shape index (κ1) is 43.9. The first-order chi connectivity index (χ1) is 31.4. The average Bonchev–Trinajstić information content (AvgIpc) is 3.85. The van der Waals surface area contributed by atoms with E-state index in [0.717, 1.165) is 29.5 Å². The van der Waals surface area contributed by atoms with Crippen molar-refractivity contribution in [2.24, 2.45) is 22.7 Å². The van der Waals surface area contributed by atoms with Crippen molar-refractivity contribution in [2.75, 3.05) is 17.7 Å². The van der Waals surface area contributed by atoms with Crippen LogP contribution in [-0.4, -0.2) is 44.8 Å². The number of rotatable bonds is 16. The van der Waals surface area contributed by atoms with Crippen molar-refractivity contribution >= 4 is 34.8 Å². The molecule has 2 amide bonds. The summed E-state index contributed by atoms with van der Waals surface area (Å²) in [5.41, 5.74) is 1.75. The molecule has 2 fully saturated rings. The summed E-state index contributed by atoms with van der Waals surface area (Å²) in [6.07, 6.45) is 1.66. The predicted molar refractivity (Wildman–Crippen MR) is 240 cm³/mol. The van der Waals surface area contributed by atoms with Crippen molar-refractivity contribution in [2.45, 2.75) is 59.4 Å². The fourth-order valence-electron chi connectivity index (χ4n) is 9.37. The van der Waals surface area contributed by atoms with Crippen molar-refractivity contribution in [1.29, 1.82) is 0 Å². The van der Waals surface area contributed by atoms with Crippen LogP contribution in [0.25, 0.3) is 0 Å². The maximum absolute atomic E-state index is 15.1. The highest BCUT2D eigenvalue weighted by Gasteiger charge is 2.79. The Balaban J connectivity index is 1.11. The van der Waals surface area contributed by atoms with Crippen LogP contribution in [0, 0.1) is 32.8 Å². The zero-order chi connectivity index (χ0) is 45.7. The number of ether oxygens (including phenoxy) is 4. The number of carbonyl (C=O) groups is 3. The van der Waals surface area contributed by atoms with Gasteiger partial charge in [0.1, 0.15) is 36.9 Å². The molecular formula is C50H48N6O9. The summed E-state index contributed by atoms with van der Waals surface area (Å²) in [7, 11) is 1.27. The van der Waals surface area contributed by atoms with Gasteiger partial charge in [0, 0.05) is 17.7 Å². The number of nitrogens with one attached hydrogen (secondary N) is 2. The molecule has 15 nitrogen and oxygen atoms in total. The number of hydrogen-bond acceptors (Lipinski definition) is 12. The number of anilines is 2. The van der Waals surface area contributed by atoms with Gasteiger partial charge in [0.2, 0.25) is 17.7 Å². The van der Waals surface area contributed by atoms with Gasteiger partial charge in [-0.05, 0) is 77.1 Å². The second-order valence-corrected chi connectivity index (χ2v) is 16.8. The van der Waals surface area contributed by atoms with E-state index < -0.39 is 33.5 Å². The number of pyridine rings is 3. The first-order valence-electron chi connectivity index (χ1n) is 21.3. The van der Waals surface area contributed by atoms with Crippen LogP contribution in [0.2, 0.25) is 0 Å². The summed E-state index contributed by atoms with van der Waals surface area (Å²) in [5, 5.41) is 17.9. The van der Waals surface area contributed by atoms with Crippen LogP contribution in [0.1, 0.15) is 82.9 Å². The van der Waals surface area contributed by atoms with Gasteiger partial charge in [-0.15, -0.1) is 0 Å². The third-order valence-corrected chi connectivity index (χ3v) is 12.6. The Labute approximate surface area is 375 Å². The summed E-state index contributed by atoms with van der Waals surface area (Å²) in [6, 6.07) is 37.1. The minimum atomic E-state index is -0.935. The van der Waals surface area contributed by atoms with Crippen LogP contribution in [0.5, 0.6) is 17.6 Å². The van der Waals surface area contributed by atoms with Gasteiger partial charge in [-0.3, -0.25) is 19.7 Å². The van der Waals surface area contributed by atoms with Crippen molar-refractivity contribution in [3.8, 4) is 17.6 Å². The third-order valence-electron chi connectivity index (χ3n) is 12.6. The molecule has 6 aromatic rings. The molecule has 0 radical (unpaired) electrons. The van der Waals surface area contributed by atoms with Gasteiger partial charge in [0.25, 0.3) is 11.8 Å². The molecule has 15 heteroatoms. The van der Waals surface area contributed by atoms with E-state index in [1.165, 1.54) is 25.3 Å². The fourth-order valence-corrected chi connectivity index (χ4v) is 9.37. The second kappa shape index (κ2) is 18.6. The summed E-state index contributed by atoms with van der Waals surface area (Å²) < 4.78 is 23.2. The second-order valence-electron chi connectivity index (χ2n) is 16.8. The van der Waals surface area contributed by atoms with E-state index in [-0.39, 0.29) is 78.0 Å². The highest BCUT2D eigenvalue weighted by atomic mass is 16.6. The van der Waals surface area contributed by atoms with Crippen LogP contribution in [0.4, 0.5) is 17.1 Å². The summed E-state index contributed by atoms with van der Waals surface area (Å²) in [5.74, 6) is -2.07. The number of hydrogen-bond donors (Lipinski definition) is 2. The Morgan fingerprint density at radius 3 is 1.74 bits per heavy atom. The topological polar surface area (TPSA) is 194 Å². The zero-order valence-electron chi connectivity index (χ0n) is 36.4. The number of aromatic nitrogens is 3. The number of carbonyl (C=O) groups excluding carboxylic acids is 3. The SMILES string of the molecule is COC(=O)c1ccc(NC(=O)C23C(c4ccc(NC(=O)c5ccc([N+](=O)[O-])c(OCc6ccccc6)n5)c(OCc5ccccc5)n4)C(C)CCC2C3(C)C)c(OCc2ccccc2)n1. The molecule has 8 rings (SSSR count). The van der Waals surface area contributed by atoms with Gasteiger partial charge in [-0.25, -0.2) is 19.7 Å². The number of nitrogens with zero attached hydrogens (tertiary/aromatic N) is 4. The lowest BCUT2D eigenvalue weighted by molar-refractivity contribution is -0.386. The van der Waals surface area contributed by atoms with Crippen LogP contribution >= 0.6 is 0 Å². The molecule has 2 N–H and O–H groups in total. The lowest BCUT2D eigenvalue weighted by Gasteiger charge is -2.37. The fraction of sp³-hybridized carbons (Fsp3) is 0.280. The minimum Gasteiger partial charge on any atom is -0.471 e. The van der Waals surface area contributed by atoms with Gasteiger partial charge >= 0.3 is 11.7 Å². The number of methoxy groups -OCH3 is 1. The van der Waals surface area contributed by atoms with E-state index >= 15 is 4.79 Å². The van der Waals surface area contributed by atoms with Gasteiger partial charge in [-0.1, -0.05) is 112 Å². The highest BCUT2D eigenvalue weighted by Crippen LogP contribution is 2.79. The smallest absolute Gasteiger partial charge is 0.356 e. The molecule has 4 unspecified atom stereocenters. The van der Waals surface area contributed by atoms with Gasteiger partial charge in [0.05, 0.1) is 17.4 Å². The molecule has 2 saturated carbocycles. The van der Waals surface area contributed by atoms with Crippen molar-refractivity contribution in [1.82, 2.24) is 15.0 Å². The van der Waals surface area contributed by atoms with Gasteiger partial charge < -0.3 is 29.6 Å². The van der Waals surface area contributed by atoms with Gasteiger partial charge in [0.15, 0.2) is 5.69 Å². The van der Waals surface area contributed by atoms with Crippen LogP contribution in [-0.2, 0) is 29.4 Å². The number of esters is 1. The summed E-state index contributed by atoms with van der Waals surface area (Å²) in [4.78, 5) is 66.6. The standard InChI is InChI=1S/C50H48N6O9/c1-31-20-27-41-49(2,3)50(41,48(59)55-38-23-24-39(47(58)62-4)54-45(38)64-29-33-16-10-6-11-17-33)42(31)35-21-22-37(44(52-35)63-28-32-14-8-5-9-15-32)51-43(57)36-25-26-40(56(60)61)46(53-36)65-30-34-18-12-7-13-19-34/h5-19,21-26,31,41-42H,20,27-30H2,1-4H3,(H,51,57)(H,55,59). The average molecular weight is 877 g/mol. The van der Waals surface area contributed by atoms with Crippen molar-refractivity contribution in [3.05, 3.63) is 171 Å². The zero-order valence-corrected chi connectivity index (χ0v) is 36.4. The first-order valence-corrected chi connectivity index (χ1v) is 21.3. The maximum Gasteiger partial charge on any atom is 0.356 e. The van der Waals surface area contributed by atoms with Crippen molar-refractivity contribution in [3.63, 3.8) is 0 Å². The molecule has 332 valence electrons. The van der Waals surface area contributed by atoms with Crippen LogP contribution < -0.4 is 24.8 Å². The van der Waals surface area contributed by atoms with E-state index in [4.69, 9.17) is 23.9 Å². The van der Waals surface area contributed by atoms with Crippen molar-refractivity contribution < 1.29 is 38.3 Å². The van der Waals surface area contributed by atoms with Gasteiger partial charge in [-0.2, -0.15) is 0 Å². The number of benzene rings is 3. The Morgan fingerprint density at radius 2 is 1.17 bits per heavy atom. The monoisotopic (exact) mass is 876 g/mol. The van der Waals surface area contributed by atoms with E-state index in [9.17, 15) is 19.7 Å². The highest BCUT2D eigenvalue weighted by molar-refractivity contribution is 6.04. The third kappa shape index (κ3) is 8.94. The molecule has 0 aliphatic heterocycles. The molecule has 2 aliphatic rings. The molecular weight excluding hydrogens is 829 g/mol. The van der Waals surface area contributed by atoms with Crippen LogP contribution in [0.15, 0.2) is 127 Å². The molecule has 2 aliphatic carbocycles. The molecule has 0 bridgehead atoms. The lowest BCUT2D eigenvalue weighted by atomic mass is 9.68. The molecule has 3 heterocycles. The normalized spacial score (nSPS) is 19.2. The Bertz CT molecular complexity index is 2720. The molecule has 0 spiro atoms. The Hall–Kier alpha value is -7.68. The molecule has 3 aromatic heterocycles. The largest absolute Gasteiger partial charge is 0.471 e. The van der Waals surface area contributed by atoms with Crippen LogP contribution in [0.3, 0.4) is 0 Å². The maximum atomic E-state index is 15.1. The molecule has 3 aromatic carbocycles. The summed E-state index contributed by atoms with van der Waals surface area (Å²) in [6.45, 7) is 6.58. The summed E-state index contributed by atoms with van der Waals surface area (Å²) >= 11 is 0. The van der Waals surface area contributed by atoms with E-state index in [1.807, 2.05) is 91.0 Å². The Kier molecular flexibility index (Phi) is 12.6. The Morgan fingerprint density at radius 1 is 0.662 bits per heavy atom. The number of amides is 2. The van der Waals surface area contributed by atoms with E-state index in [2.05, 4.69) is 41.4 Å². The quantitative estimate of drug-likeness (QED) is 0.0532. The lowest BCUT2D eigenvalue weighted by Crippen LogP contribution is -2.39. The van der Waals surface area contributed by atoms with E-state index in [0.29, 0.717) is 11.4 Å². The number of nitro groups is 1. The molecule has 4 atom stereocenters. The minimum absolute atomic E-state index is 0.000863.